The van der Waals surface area contributed by atoms with E-state index in [0.717, 1.165) is 11.1 Å². The second-order valence-corrected chi connectivity index (χ2v) is 4.14. The summed E-state index contributed by atoms with van der Waals surface area (Å²) in [6, 6.07) is 12.0. The van der Waals surface area contributed by atoms with Crippen LogP contribution in [0.5, 0.6) is 0 Å². The third-order valence-corrected chi connectivity index (χ3v) is 2.73. The predicted octanol–water partition coefficient (Wildman–Crippen LogP) is 3.11. The average Bonchev–Trinajstić information content (AvgIpc) is 2.34. The highest BCUT2D eigenvalue weighted by atomic mass is 35.5. The Hall–Kier alpha value is -1.42. The summed E-state index contributed by atoms with van der Waals surface area (Å²) < 4.78 is 13.6. The van der Waals surface area contributed by atoms with E-state index in [4.69, 9.17) is 17.4 Å². The molecule has 2 aromatic carbocycles. The van der Waals surface area contributed by atoms with Gasteiger partial charge in [0.1, 0.15) is 5.82 Å². The predicted molar refractivity (Wildman–Crippen MR) is 67.9 cm³/mol. The topological polar surface area (TPSA) is 38.0 Å². The van der Waals surface area contributed by atoms with Crippen LogP contribution in [0, 0.1) is 5.82 Å². The number of hydrazine groups is 1. The van der Waals surface area contributed by atoms with Crippen LogP contribution in [0.1, 0.15) is 5.56 Å². The molecule has 2 rings (SSSR count). The van der Waals surface area contributed by atoms with Gasteiger partial charge in [0.05, 0.1) is 0 Å². The number of hydrogen-bond donors (Lipinski definition) is 2. The molecule has 0 spiro atoms. The average molecular weight is 251 g/mol. The van der Waals surface area contributed by atoms with Gasteiger partial charge in [-0.05, 0) is 29.3 Å². The van der Waals surface area contributed by atoms with Crippen LogP contribution in [-0.4, -0.2) is 0 Å². The lowest BCUT2D eigenvalue weighted by atomic mass is 10.0. The Labute approximate surface area is 104 Å². The van der Waals surface area contributed by atoms with E-state index in [1.807, 2.05) is 24.3 Å². The lowest BCUT2D eigenvalue weighted by Crippen LogP contribution is -2.20. The summed E-state index contributed by atoms with van der Waals surface area (Å²) in [7, 11) is 0. The number of nitrogens with one attached hydrogen (secondary N) is 1. The number of benzene rings is 2. The summed E-state index contributed by atoms with van der Waals surface area (Å²) >= 11 is 5.85. The Balaban J connectivity index is 2.36. The van der Waals surface area contributed by atoms with Crippen LogP contribution in [0.15, 0.2) is 42.5 Å². The molecule has 0 heterocycles. The zero-order valence-corrected chi connectivity index (χ0v) is 9.84. The maximum Gasteiger partial charge on any atom is 0.131 e. The van der Waals surface area contributed by atoms with Crippen LogP contribution in [0.4, 0.5) is 4.39 Å². The minimum absolute atomic E-state index is 0.279. The van der Waals surface area contributed by atoms with Crippen molar-refractivity contribution in [2.75, 3.05) is 0 Å². The van der Waals surface area contributed by atoms with E-state index in [2.05, 4.69) is 5.43 Å². The maximum atomic E-state index is 13.6. The zero-order chi connectivity index (χ0) is 12.3. The Kier molecular flexibility index (Phi) is 3.74. The molecule has 0 aliphatic heterocycles. The SMILES string of the molecule is NNCc1ccc(-c2cc(Cl)ccc2F)cc1. The van der Waals surface area contributed by atoms with Crippen molar-refractivity contribution < 1.29 is 4.39 Å². The first-order valence-electron chi connectivity index (χ1n) is 5.18. The van der Waals surface area contributed by atoms with Crippen molar-refractivity contribution in [2.24, 2.45) is 5.84 Å². The summed E-state index contributed by atoms with van der Waals surface area (Å²) in [5.74, 6) is 4.95. The van der Waals surface area contributed by atoms with E-state index in [9.17, 15) is 4.39 Å². The van der Waals surface area contributed by atoms with Gasteiger partial charge in [-0.25, -0.2) is 4.39 Å². The lowest BCUT2D eigenvalue weighted by Gasteiger charge is -2.06. The number of rotatable bonds is 3. The highest BCUT2D eigenvalue weighted by Gasteiger charge is 2.05. The molecule has 2 aromatic rings. The van der Waals surface area contributed by atoms with E-state index < -0.39 is 0 Å². The maximum absolute atomic E-state index is 13.6. The molecule has 0 aliphatic carbocycles. The molecular formula is C13H12ClFN2. The van der Waals surface area contributed by atoms with Crippen molar-refractivity contribution in [3.8, 4) is 11.1 Å². The standard InChI is InChI=1S/C13H12ClFN2/c14-11-5-6-13(15)12(7-11)10-3-1-9(2-4-10)8-17-16/h1-7,17H,8,16H2. The fraction of sp³-hybridized carbons (Fsp3) is 0.0769. The second-order valence-electron chi connectivity index (χ2n) is 3.70. The van der Waals surface area contributed by atoms with Gasteiger partial charge in [-0.2, -0.15) is 0 Å². The summed E-state index contributed by atoms with van der Waals surface area (Å²) in [5.41, 5.74) is 4.91. The molecule has 0 unspecified atom stereocenters. The molecule has 17 heavy (non-hydrogen) atoms. The molecule has 0 saturated carbocycles. The van der Waals surface area contributed by atoms with Crippen LogP contribution in [-0.2, 0) is 6.54 Å². The lowest BCUT2D eigenvalue weighted by molar-refractivity contribution is 0.631. The van der Waals surface area contributed by atoms with E-state index in [0.29, 0.717) is 17.1 Å². The van der Waals surface area contributed by atoms with Gasteiger partial charge in [0.25, 0.3) is 0 Å². The molecule has 0 bridgehead atoms. The van der Waals surface area contributed by atoms with Gasteiger partial charge in [0, 0.05) is 17.1 Å². The van der Waals surface area contributed by atoms with Gasteiger partial charge >= 0.3 is 0 Å². The largest absolute Gasteiger partial charge is 0.271 e. The monoisotopic (exact) mass is 250 g/mol. The van der Waals surface area contributed by atoms with Crippen molar-refractivity contribution in [1.82, 2.24) is 5.43 Å². The highest BCUT2D eigenvalue weighted by molar-refractivity contribution is 6.30. The quantitative estimate of drug-likeness (QED) is 0.649. The molecule has 2 nitrogen and oxygen atoms in total. The molecule has 4 heteroatoms. The van der Waals surface area contributed by atoms with E-state index >= 15 is 0 Å². The third-order valence-electron chi connectivity index (χ3n) is 2.50. The van der Waals surface area contributed by atoms with Crippen LogP contribution < -0.4 is 11.3 Å². The summed E-state index contributed by atoms with van der Waals surface area (Å²) in [6.45, 7) is 0.582. The second kappa shape index (κ2) is 5.27. The van der Waals surface area contributed by atoms with Gasteiger partial charge in [-0.1, -0.05) is 35.9 Å². The number of halogens is 2. The molecule has 3 N–H and O–H groups in total. The van der Waals surface area contributed by atoms with Crippen molar-refractivity contribution >= 4 is 11.6 Å². The van der Waals surface area contributed by atoms with Crippen LogP contribution in [0.25, 0.3) is 11.1 Å². The van der Waals surface area contributed by atoms with Gasteiger partial charge in [-0.3, -0.25) is 11.3 Å². The summed E-state index contributed by atoms with van der Waals surface area (Å²) in [5, 5.41) is 0.522. The fourth-order valence-corrected chi connectivity index (χ4v) is 1.81. The first-order valence-corrected chi connectivity index (χ1v) is 5.56. The molecule has 0 fully saturated rings. The van der Waals surface area contributed by atoms with Gasteiger partial charge < -0.3 is 0 Å². The van der Waals surface area contributed by atoms with Crippen molar-refractivity contribution in [3.63, 3.8) is 0 Å². The molecule has 0 aromatic heterocycles. The smallest absolute Gasteiger partial charge is 0.131 e. The highest BCUT2D eigenvalue weighted by Crippen LogP contribution is 2.26. The minimum atomic E-state index is -0.279. The van der Waals surface area contributed by atoms with Crippen molar-refractivity contribution in [3.05, 3.63) is 58.9 Å². The first-order chi connectivity index (χ1) is 8.20. The van der Waals surface area contributed by atoms with Gasteiger partial charge in [0.2, 0.25) is 0 Å². The molecule has 0 aliphatic rings. The molecule has 0 radical (unpaired) electrons. The zero-order valence-electron chi connectivity index (χ0n) is 9.08. The Morgan fingerprint density at radius 3 is 2.47 bits per heavy atom. The number of hydrogen-bond acceptors (Lipinski definition) is 2. The Bertz CT molecular complexity index is 511. The van der Waals surface area contributed by atoms with Crippen molar-refractivity contribution in [2.45, 2.75) is 6.54 Å². The molecule has 0 amide bonds. The van der Waals surface area contributed by atoms with Gasteiger partial charge in [-0.15, -0.1) is 0 Å². The summed E-state index contributed by atoms with van der Waals surface area (Å²) in [6.07, 6.45) is 0. The van der Waals surface area contributed by atoms with E-state index in [1.54, 1.807) is 6.07 Å². The van der Waals surface area contributed by atoms with Crippen molar-refractivity contribution in [1.29, 1.82) is 0 Å². The van der Waals surface area contributed by atoms with Crippen LogP contribution in [0.3, 0.4) is 0 Å². The number of nitrogens with two attached hydrogens (primary N) is 1. The Morgan fingerprint density at radius 1 is 1.12 bits per heavy atom. The molecular weight excluding hydrogens is 239 g/mol. The normalized spacial score (nSPS) is 10.5. The molecule has 0 saturated heterocycles. The van der Waals surface area contributed by atoms with E-state index in [1.165, 1.54) is 12.1 Å². The van der Waals surface area contributed by atoms with Crippen LogP contribution >= 0.6 is 11.6 Å². The molecule has 88 valence electrons. The Morgan fingerprint density at radius 2 is 1.82 bits per heavy atom. The fourth-order valence-electron chi connectivity index (χ4n) is 1.64. The minimum Gasteiger partial charge on any atom is -0.271 e. The third kappa shape index (κ3) is 2.82. The molecule has 0 atom stereocenters. The first kappa shape index (κ1) is 12.0. The van der Waals surface area contributed by atoms with Crippen LogP contribution in [0.2, 0.25) is 5.02 Å². The summed E-state index contributed by atoms with van der Waals surface area (Å²) in [4.78, 5) is 0. The van der Waals surface area contributed by atoms with E-state index in [-0.39, 0.29) is 5.82 Å². The van der Waals surface area contributed by atoms with Gasteiger partial charge in [0.15, 0.2) is 0 Å².